The van der Waals surface area contributed by atoms with E-state index in [0.717, 1.165) is 25.7 Å². The molecule has 0 radical (unpaired) electrons. The van der Waals surface area contributed by atoms with Crippen molar-refractivity contribution in [1.29, 1.82) is 0 Å². The third-order valence-corrected chi connectivity index (χ3v) is 5.02. The van der Waals surface area contributed by atoms with E-state index in [1.54, 1.807) is 5.38 Å². The molecule has 0 aliphatic heterocycles. The van der Waals surface area contributed by atoms with Crippen molar-refractivity contribution in [2.24, 2.45) is 0 Å². The Morgan fingerprint density at radius 1 is 1.11 bits per heavy atom. The van der Waals surface area contributed by atoms with Gasteiger partial charge in [0, 0.05) is 17.1 Å². The fourth-order valence-electron chi connectivity index (χ4n) is 2.98. The molecule has 1 aromatic carbocycles. The summed E-state index contributed by atoms with van der Waals surface area (Å²) in [5, 5.41) is 8.16. The number of carbonyl (C=O) groups is 1. The maximum Gasteiger partial charge on any atom is 0.573 e. The van der Waals surface area contributed by atoms with E-state index in [-0.39, 0.29) is 17.7 Å². The Morgan fingerprint density at radius 3 is 2.41 bits per heavy atom. The molecule has 2 N–H and O–H groups in total. The Balaban J connectivity index is 1.56. The first-order valence-corrected chi connectivity index (χ1v) is 9.66. The average Bonchev–Trinajstić information content (AvgIpc) is 2.92. The summed E-state index contributed by atoms with van der Waals surface area (Å²) in [5.74, 6) is -0.490. The number of alkyl halides is 3. The van der Waals surface area contributed by atoms with E-state index in [4.69, 9.17) is 0 Å². The van der Waals surface area contributed by atoms with Crippen molar-refractivity contribution in [2.75, 3.05) is 5.32 Å². The lowest BCUT2D eigenvalue weighted by Gasteiger charge is -2.15. The molecule has 9 heteroatoms. The number of nitrogens with one attached hydrogen (secondary N) is 2. The van der Waals surface area contributed by atoms with Crippen LogP contribution >= 0.6 is 11.3 Å². The van der Waals surface area contributed by atoms with Crippen molar-refractivity contribution in [1.82, 2.24) is 10.3 Å². The van der Waals surface area contributed by atoms with Crippen molar-refractivity contribution >= 4 is 28.1 Å². The van der Waals surface area contributed by atoms with Gasteiger partial charge in [-0.1, -0.05) is 25.7 Å². The van der Waals surface area contributed by atoms with E-state index in [1.165, 1.54) is 48.4 Å². The highest BCUT2D eigenvalue weighted by molar-refractivity contribution is 7.14. The molecule has 27 heavy (non-hydrogen) atoms. The van der Waals surface area contributed by atoms with Crippen LogP contribution < -0.4 is 15.4 Å². The molecule has 1 fully saturated rings. The van der Waals surface area contributed by atoms with Crippen LogP contribution in [0.5, 0.6) is 5.75 Å². The molecule has 1 saturated carbocycles. The van der Waals surface area contributed by atoms with E-state index < -0.39 is 6.36 Å². The topological polar surface area (TPSA) is 63.2 Å². The zero-order valence-electron chi connectivity index (χ0n) is 14.5. The Kier molecular flexibility index (Phi) is 6.20. The van der Waals surface area contributed by atoms with Gasteiger partial charge in [0.15, 0.2) is 5.13 Å². The highest BCUT2D eigenvalue weighted by Crippen LogP contribution is 2.26. The Bertz CT molecular complexity index is 754. The van der Waals surface area contributed by atoms with Gasteiger partial charge < -0.3 is 15.4 Å². The summed E-state index contributed by atoms with van der Waals surface area (Å²) >= 11 is 1.26. The predicted molar refractivity (Wildman–Crippen MR) is 97.5 cm³/mol. The quantitative estimate of drug-likeness (QED) is 0.675. The van der Waals surface area contributed by atoms with Crippen molar-refractivity contribution in [2.45, 2.75) is 50.9 Å². The highest BCUT2D eigenvalue weighted by atomic mass is 32.1. The molecule has 1 aliphatic rings. The monoisotopic (exact) mass is 399 g/mol. The van der Waals surface area contributed by atoms with Crippen LogP contribution in [0.15, 0.2) is 29.6 Å². The molecule has 0 spiro atoms. The second-order valence-corrected chi connectivity index (χ2v) is 7.26. The number of ether oxygens (including phenoxy) is 1. The van der Waals surface area contributed by atoms with Crippen molar-refractivity contribution in [3.63, 3.8) is 0 Å². The van der Waals surface area contributed by atoms with Gasteiger partial charge in [0.1, 0.15) is 11.4 Å². The van der Waals surface area contributed by atoms with E-state index >= 15 is 0 Å². The lowest BCUT2D eigenvalue weighted by molar-refractivity contribution is -0.274. The summed E-state index contributed by atoms with van der Waals surface area (Å²) < 4.78 is 40.4. The maximum absolute atomic E-state index is 12.4. The lowest BCUT2D eigenvalue weighted by atomic mass is 10.1. The molecule has 1 amide bonds. The van der Waals surface area contributed by atoms with Crippen molar-refractivity contribution in [3.05, 3.63) is 35.3 Å². The number of thiazole rings is 1. The minimum Gasteiger partial charge on any atom is -0.406 e. The molecular formula is C18H20F3N3O2S. The molecule has 3 rings (SSSR count). The zero-order chi connectivity index (χ0) is 19.3. The Hall–Kier alpha value is -2.29. The average molecular weight is 399 g/mol. The summed E-state index contributed by atoms with van der Waals surface area (Å²) in [5.41, 5.74) is 0.887. The predicted octanol–water partition coefficient (Wildman–Crippen LogP) is 5.24. The number of aromatic nitrogens is 1. The van der Waals surface area contributed by atoms with E-state index in [2.05, 4.69) is 20.4 Å². The standard InChI is InChI=1S/C18H20F3N3O2S/c19-18(20,21)26-14-9-7-13(8-10-14)23-17-24-15(11-27-17)16(25)22-12-5-3-1-2-4-6-12/h7-12H,1-6H2,(H,22,25)(H,23,24). The fraction of sp³-hybridized carbons (Fsp3) is 0.444. The molecule has 0 saturated heterocycles. The van der Waals surface area contributed by atoms with Crippen LogP contribution in [-0.4, -0.2) is 23.3 Å². The summed E-state index contributed by atoms with van der Waals surface area (Å²) in [6.07, 6.45) is 1.95. The molecule has 1 aliphatic carbocycles. The number of hydrogen-bond donors (Lipinski definition) is 2. The molecule has 5 nitrogen and oxygen atoms in total. The summed E-state index contributed by atoms with van der Waals surface area (Å²) in [6.45, 7) is 0. The third kappa shape index (κ3) is 6.13. The van der Waals surface area contributed by atoms with Gasteiger partial charge in [0.25, 0.3) is 5.91 Å². The summed E-state index contributed by atoms with van der Waals surface area (Å²) in [7, 11) is 0. The van der Waals surface area contributed by atoms with Gasteiger partial charge >= 0.3 is 6.36 Å². The maximum atomic E-state index is 12.4. The first-order valence-electron chi connectivity index (χ1n) is 8.78. The van der Waals surface area contributed by atoms with Crippen molar-refractivity contribution < 1.29 is 22.7 Å². The van der Waals surface area contributed by atoms with Gasteiger partial charge in [-0.2, -0.15) is 0 Å². The normalized spacial score (nSPS) is 15.8. The molecule has 1 aromatic heterocycles. The van der Waals surface area contributed by atoms with Crippen LogP contribution in [0.2, 0.25) is 0 Å². The van der Waals surface area contributed by atoms with Crippen LogP contribution in [0.4, 0.5) is 24.0 Å². The first-order chi connectivity index (χ1) is 12.9. The molecule has 2 aromatic rings. The fourth-order valence-corrected chi connectivity index (χ4v) is 3.69. The molecule has 0 atom stereocenters. The number of halogens is 3. The number of benzene rings is 1. The van der Waals surface area contributed by atoms with Gasteiger partial charge in [0.2, 0.25) is 0 Å². The molecule has 0 bridgehead atoms. The Morgan fingerprint density at radius 2 is 1.78 bits per heavy atom. The molecular weight excluding hydrogens is 379 g/mol. The SMILES string of the molecule is O=C(NC1CCCCCC1)c1csc(Nc2ccc(OC(F)(F)F)cc2)n1. The van der Waals surface area contributed by atoms with E-state index in [9.17, 15) is 18.0 Å². The second-order valence-electron chi connectivity index (χ2n) is 6.40. The van der Waals surface area contributed by atoms with Crippen LogP contribution in [-0.2, 0) is 0 Å². The van der Waals surface area contributed by atoms with E-state index in [1.807, 2.05) is 0 Å². The highest BCUT2D eigenvalue weighted by Gasteiger charge is 2.31. The number of amides is 1. The number of carbonyl (C=O) groups excluding carboxylic acids is 1. The molecule has 146 valence electrons. The first kappa shape index (κ1) is 19.5. The van der Waals surface area contributed by atoms with Gasteiger partial charge in [-0.15, -0.1) is 24.5 Å². The zero-order valence-corrected chi connectivity index (χ0v) is 15.3. The van der Waals surface area contributed by atoms with Gasteiger partial charge in [-0.05, 0) is 37.1 Å². The largest absolute Gasteiger partial charge is 0.573 e. The second kappa shape index (κ2) is 8.60. The minimum absolute atomic E-state index is 0.194. The minimum atomic E-state index is -4.72. The van der Waals surface area contributed by atoms with Crippen LogP contribution in [0, 0.1) is 0 Å². The molecule has 0 unspecified atom stereocenters. The van der Waals surface area contributed by atoms with Crippen LogP contribution in [0.1, 0.15) is 49.0 Å². The van der Waals surface area contributed by atoms with Crippen molar-refractivity contribution in [3.8, 4) is 5.75 Å². The van der Waals surface area contributed by atoms with Gasteiger partial charge in [0.05, 0.1) is 0 Å². The number of nitrogens with zero attached hydrogens (tertiary/aromatic N) is 1. The van der Waals surface area contributed by atoms with Gasteiger partial charge in [-0.25, -0.2) is 4.98 Å². The summed E-state index contributed by atoms with van der Waals surface area (Å²) in [4.78, 5) is 16.6. The summed E-state index contributed by atoms with van der Waals surface area (Å²) in [6, 6.07) is 5.52. The van der Waals surface area contributed by atoms with E-state index in [0.29, 0.717) is 16.5 Å². The lowest BCUT2D eigenvalue weighted by Crippen LogP contribution is -2.34. The third-order valence-electron chi connectivity index (χ3n) is 4.27. The smallest absolute Gasteiger partial charge is 0.406 e. The number of anilines is 2. The molecule has 1 heterocycles. The number of hydrogen-bond acceptors (Lipinski definition) is 5. The van der Waals surface area contributed by atoms with Gasteiger partial charge in [-0.3, -0.25) is 4.79 Å². The van der Waals surface area contributed by atoms with Crippen LogP contribution in [0.25, 0.3) is 0 Å². The number of rotatable bonds is 5. The Labute approximate surface area is 158 Å². The van der Waals surface area contributed by atoms with Crippen LogP contribution in [0.3, 0.4) is 0 Å².